The summed E-state index contributed by atoms with van der Waals surface area (Å²) >= 11 is 6.24. The molecule has 1 unspecified atom stereocenters. The van der Waals surface area contributed by atoms with E-state index in [0.29, 0.717) is 17.2 Å². The maximum Gasteiger partial charge on any atom is 0.244 e. The molecule has 2 rings (SSSR count). The lowest BCUT2D eigenvalue weighted by molar-refractivity contribution is -0.141. The standard InChI is InChI=1S/C26H36ClN3O5S/c1-8-23(25(32)28-26(3,4)5)29(16-19-10-13-21(35-6)14-11-19)24(31)17-30(36(7,33)34)20-12-9-18(2)22(27)15-20/h9-15,23H,8,16-17H2,1-7H3,(H,28,32). The third-order valence-corrected chi connectivity index (χ3v) is 7.07. The fourth-order valence-electron chi connectivity index (χ4n) is 3.65. The number of carbonyl (C=O) groups excluding carboxylic acids is 2. The van der Waals surface area contributed by atoms with Crippen molar-refractivity contribution in [1.82, 2.24) is 10.2 Å². The van der Waals surface area contributed by atoms with Crippen molar-refractivity contribution in [3.05, 3.63) is 58.6 Å². The predicted molar refractivity (Wildman–Crippen MR) is 144 cm³/mol. The maximum absolute atomic E-state index is 13.7. The molecule has 0 bridgehead atoms. The van der Waals surface area contributed by atoms with E-state index >= 15 is 0 Å². The van der Waals surface area contributed by atoms with Crippen LogP contribution in [0.15, 0.2) is 42.5 Å². The second-order valence-corrected chi connectivity index (χ2v) is 12.1. The van der Waals surface area contributed by atoms with E-state index in [1.54, 1.807) is 38.3 Å². The van der Waals surface area contributed by atoms with E-state index in [1.807, 2.05) is 39.8 Å². The first-order valence-electron chi connectivity index (χ1n) is 11.6. The number of benzene rings is 2. The lowest BCUT2D eigenvalue weighted by Crippen LogP contribution is -2.55. The molecule has 0 saturated heterocycles. The Labute approximate surface area is 219 Å². The van der Waals surface area contributed by atoms with Crippen molar-refractivity contribution in [2.24, 2.45) is 0 Å². The predicted octanol–water partition coefficient (Wildman–Crippen LogP) is 4.15. The average molecular weight is 538 g/mol. The Morgan fingerprint density at radius 2 is 1.72 bits per heavy atom. The molecule has 2 amide bonds. The molecule has 0 aliphatic heterocycles. The summed E-state index contributed by atoms with van der Waals surface area (Å²) in [7, 11) is -2.27. The first-order chi connectivity index (χ1) is 16.7. The quantitative estimate of drug-likeness (QED) is 0.491. The van der Waals surface area contributed by atoms with Gasteiger partial charge in [-0.3, -0.25) is 13.9 Å². The number of aryl methyl sites for hydroxylation is 1. The Kier molecular flexibility index (Phi) is 9.79. The number of methoxy groups -OCH3 is 1. The molecule has 1 N–H and O–H groups in total. The summed E-state index contributed by atoms with van der Waals surface area (Å²) in [6.07, 6.45) is 1.38. The van der Waals surface area contributed by atoms with Gasteiger partial charge < -0.3 is 15.0 Å². The van der Waals surface area contributed by atoms with E-state index in [-0.39, 0.29) is 18.1 Å². The number of sulfonamides is 1. The first-order valence-corrected chi connectivity index (χ1v) is 13.9. The Morgan fingerprint density at radius 1 is 1.11 bits per heavy atom. The van der Waals surface area contributed by atoms with Gasteiger partial charge in [-0.05, 0) is 69.5 Å². The van der Waals surface area contributed by atoms with Crippen LogP contribution in [-0.4, -0.2) is 56.6 Å². The molecule has 1 atom stereocenters. The number of hydrogen-bond donors (Lipinski definition) is 1. The molecule has 36 heavy (non-hydrogen) atoms. The SMILES string of the molecule is CCC(C(=O)NC(C)(C)C)N(Cc1ccc(OC)cc1)C(=O)CN(c1ccc(C)c(Cl)c1)S(C)(=O)=O. The lowest BCUT2D eigenvalue weighted by atomic mass is 10.1. The number of halogens is 1. The van der Waals surface area contributed by atoms with Crippen molar-refractivity contribution in [2.75, 3.05) is 24.2 Å². The minimum Gasteiger partial charge on any atom is -0.497 e. The summed E-state index contributed by atoms with van der Waals surface area (Å²) in [4.78, 5) is 28.3. The van der Waals surface area contributed by atoms with Gasteiger partial charge in [-0.1, -0.05) is 36.7 Å². The van der Waals surface area contributed by atoms with Crippen LogP contribution in [0.3, 0.4) is 0 Å². The molecular weight excluding hydrogens is 502 g/mol. The number of nitrogens with zero attached hydrogens (tertiary/aromatic N) is 2. The Morgan fingerprint density at radius 3 is 2.19 bits per heavy atom. The van der Waals surface area contributed by atoms with Crippen LogP contribution < -0.4 is 14.4 Å². The van der Waals surface area contributed by atoms with E-state index < -0.39 is 34.1 Å². The Bertz CT molecular complexity index is 1180. The number of rotatable bonds is 10. The molecule has 0 heterocycles. The van der Waals surface area contributed by atoms with Crippen LogP contribution in [0.1, 0.15) is 45.2 Å². The summed E-state index contributed by atoms with van der Waals surface area (Å²) in [5.41, 5.74) is 1.33. The molecule has 198 valence electrons. The number of amides is 2. The minimum absolute atomic E-state index is 0.116. The van der Waals surface area contributed by atoms with Crippen molar-refractivity contribution >= 4 is 39.1 Å². The van der Waals surface area contributed by atoms with Crippen molar-refractivity contribution in [2.45, 2.75) is 59.2 Å². The van der Waals surface area contributed by atoms with Crippen LogP contribution in [0.5, 0.6) is 5.75 Å². The number of nitrogens with one attached hydrogen (secondary N) is 1. The van der Waals surface area contributed by atoms with E-state index in [2.05, 4.69) is 5.32 Å². The number of carbonyl (C=O) groups is 2. The monoisotopic (exact) mass is 537 g/mol. The zero-order valence-electron chi connectivity index (χ0n) is 22.0. The van der Waals surface area contributed by atoms with Crippen molar-refractivity contribution in [3.63, 3.8) is 0 Å². The molecule has 0 aliphatic rings. The third kappa shape index (κ3) is 8.13. The van der Waals surface area contributed by atoms with Crippen LogP contribution in [0.2, 0.25) is 5.02 Å². The van der Waals surface area contributed by atoms with Crippen LogP contribution in [-0.2, 0) is 26.2 Å². The molecule has 8 nitrogen and oxygen atoms in total. The van der Waals surface area contributed by atoms with Gasteiger partial charge in [0.05, 0.1) is 19.1 Å². The molecule has 0 aromatic heterocycles. The smallest absolute Gasteiger partial charge is 0.244 e. The molecule has 0 saturated carbocycles. The minimum atomic E-state index is -3.83. The Balaban J connectivity index is 2.47. The first kappa shape index (κ1) is 29.5. The summed E-state index contributed by atoms with van der Waals surface area (Å²) in [6.45, 7) is 8.84. The normalized spacial score (nSPS) is 12.6. The molecule has 2 aromatic carbocycles. The number of anilines is 1. The fourth-order valence-corrected chi connectivity index (χ4v) is 4.67. The molecule has 0 radical (unpaired) electrons. The maximum atomic E-state index is 13.7. The third-order valence-electron chi connectivity index (χ3n) is 5.52. The number of hydrogen-bond acceptors (Lipinski definition) is 5. The molecule has 10 heteroatoms. The van der Waals surface area contributed by atoms with Gasteiger partial charge in [-0.15, -0.1) is 0 Å². The van der Waals surface area contributed by atoms with E-state index in [4.69, 9.17) is 16.3 Å². The van der Waals surface area contributed by atoms with E-state index in [1.165, 1.54) is 11.0 Å². The van der Waals surface area contributed by atoms with Crippen LogP contribution in [0.25, 0.3) is 0 Å². The number of ether oxygens (including phenoxy) is 1. The van der Waals surface area contributed by atoms with Gasteiger partial charge in [0.25, 0.3) is 0 Å². The summed E-state index contributed by atoms with van der Waals surface area (Å²) in [6, 6.07) is 11.2. The molecule has 0 aliphatic carbocycles. The summed E-state index contributed by atoms with van der Waals surface area (Å²) in [5, 5.41) is 3.32. The summed E-state index contributed by atoms with van der Waals surface area (Å²) in [5.74, 6) is -0.159. The van der Waals surface area contributed by atoms with Gasteiger partial charge in [0.1, 0.15) is 18.3 Å². The van der Waals surface area contributed by atoms with E-state index in [9.17, 15) is 18.0 Å². The molecular formula is C26H36ClN3O5S. The van der Waals surface area contributed by atoms with Gasteiger partial charge in [-0.25, -0.2) is 8.42 Å². The van der Waals surface area contributed by atoms with Gasteiger partial charge in [-0.2, -0.15) is 0 Å². The topological polar surface area (TPSA) is 96.0 Å². The van der Waals surface area contributed by atoms with Gasteiger partial charge >= 0.3 is 0 Å². The fraction of sp³-hybridized carbons (Fsp3) is 0.462. The highest BCUT2D eigenvalue weighted by atomic mass is 35.5. The highest BCUT2D eigenvalue weighted by molar-refractivity contribution is 7.92. The summed E-state index contributed by atoms with van der Waals surface area (Å²) < 4.78 is 31.6. The zero-order chi connectivity index (χ0) is 27.3. The van der Waals surface area contributed by atoms with Gasteiger partial charge in [0, 0.05) is 17.1 Å². The highest BCUT2D eigenvalue weighted by Crippen LogP contribution is 2.26. The zero-order valence-corrected chi connectivity index (χ0v) is 23.5. The van der Waals surface area contributed by atoms with Crippen LogP contribution in [0, 0.1) is 6.92 Å². The van der Waals surface area contributed by atoms with Crippen LogP contribution in [0.4, 0.5) is 5.69 Å². The van der Waals surface area contributed by atoms with Gasteiger partial charge in [0.15, 0.2) is 0 Å². The average Bonchev–Trinajstić information content (AvgIpc) is 2.77. The van der Waals surface area contributed by atoms with Crippen molar-refractivity contribution in [1.29, 1.82) is 0 Å². The molecule has 0 fully saturated rings. The second kappa shape index (κ2) is 12.0. The molecule has 2 aromatic rings. The lowest BCUT2D eigenvalue weighted by Gasteiger charge is -2.34. The van der Waals surface area contributed by atoms with Crippen molar-refractivity contribution in [3.8, 4) is 5.75 Å². The van der Waals surface area contributed by atoms with Gasteiger partial charge in [0.2, 0.25) is 21.8 Å². The van der Waals surface area contributed by atoms with Crippen LogP contribution >= 0.6 is 11.6 Å². The molecule has 0 spiro atoms. The highest BCUT2D eigenvalue weighted by Gasteiger charge is 2.33. The largest absolute Gasteiger partial charge is 0.497 e. The Hall–Kier alpha value is -2.78. The second-order valence-electron chi connectivity index (χ2n) is 9.74. The van der Waals surface area contributed by atoms with Crippen molar-refractivity contribution < 1.29 is 22.7 Å². The van der Waals surface area contributed by atoms with E-state index in [0.717, 1.165) is 21.7 Å².